The molecular weight excluding hydrogens is 304 g/mol. The molecule has 2 aromatic carbocycles. The molecule has 19 heavy (non-hydrogen) atoms. The molecule has 0 fully saturated rings. The zero-order chi connectivity index (χ0) is 13.7. The van der Waals surface area contributed by atoms with E-state index in [2.05, 4.69) is 26.6 Å². The maximum atomic E-state index is 11.8. The molecule has 2 rings (SSSR count). The number of amides is 1. The van der Waals surface area contributed by atoms with E-state index in [1.807, 2.05) is 55.5 Å². The third-order valence-electron chi connectivity index (χ3n) is 2.55. The number of hydrogen-bond donors (Lipinski definition) is 2. The fourth-order valence-electron chi connectivity index (χ4n) is 1.75. The van der Waals surface area contributed by atoms with Crippen LogP contribution < -0.4 is 10.6 Å². The average molecular weight is 319 g/mol. The topological polar surface area (TPSA) is 41.1 Å². The van der Waals surface area contributed by atoms with Gasteiger partial charge in [-0.05, 0) is 42.8 Å². The molecule has 0 aliphatic carbocycles. The summed E-state index contributed by atoms with van der Waals surface area (Å²) < 4.78 is 0.999. The van der Waals surface area contributed by atoms with Gasteiger partial charge in [0.2, 0.25) is 5.91 Å². The molecule has 98 valence electrons. The van der Waals surface area contributed by atoms with Gasteiger partial charge >= 0.3 is 0 Å². The van der Waals surface area contributed by atoms with Crippen molar-refractivity contribution in [2.24, 2.45) is 0 Å². The number of anilines is 2. The summed E-state index contributed by atoms with van der Waals surface area (Å²) in [6.45, 7) is 2.25. The average Bonchev–Trinajstić information content (AvgIpc) is 2.36. The van der Waals surface area contributed by atoms with E-state index >= 15 is 0 Å². The summed E-state index contributed by atoms with van der Waals surface area (Å²) in [5.41, 5.74) is 2.87. The predicted molar refractivity (Wildman–Crippen MR) is 82.4 cm³/mol. The number of hydrogen-bond acceptors (Lipinski definition) is 2. The zero-order valence-corrected chi connectivity index (χ0v) is 12.2. The Morgan fingerprint density at radius 3 is 2.53 bits per heavy atom. The maximum absolute atomic E-state index is 11.8. The Bertz CT molecular complexity index is 549. The fraction of sp³-hybridized carbons (Fsp3) is 0.133. The van der Waals surface area contributed by atoms with Gasteiger partial charge in [0.15, 0.2) is 0 Å². The van der Waals surface area contributed by atoms with Gasteiger partial charge in [-0.25, -0.2) is 0 Å². The minimum atomic E-state index is -0.0659. The molecule has 3 nitrogen and oxygen atoms in total. The molecular formula is C15H15BrN2O. The van der Waals surface area contributed by atoms with Crippen LogP contribution in [0.3, 0.4) is 0 Å². The summed E-state index contributed by atoms with van der Waals surface area (Å²) in [4.78, 5) is 11.8. The highest BCUT2D eigenvalue weighted by atomic mass is 79.9. The second-order valence-electron chi connectivity index (χ2n) is 4.29. The summed E-state index contributed by atoms with van der Waals surface area (Å²) in [5.74, 6) is -0.0659. The van der Waals surface area contributed by atoms with Crippen molar-refractivity contribution in [2.75, 3.05) is 17.2 Å². The van der Waals surface area contributed by atoms with Gasteiger partial charge in [0.25, 0.3) is 0 Å². The minimum Gasteiger partial charge on any atom is -0.376 e. The molecule has 0 aliphatic rings. The highest BCUT2D eigenvalue weighted by Crippen LogP contribution is 2.18. The van der Waals surface area contributed by atoms with Crippen LogP contribution in [0.1, 0.15) is 5.56 Å². The second kappa shape index (κ2) is 6.38. The first-order valence-electron chi connectivity index (χ1n) is 5.99. The Morgan fingerprint density at radius 1 is 1.11 bits per heavy atom. The lowest BCUT2D eigenvalue weighted by Crippen LogP contribution is -2.21. The number of halogens is 1. The molecule has 0 aromatic heterocycles. The first-order chi connectivity index (χ1) is 9.13. The van der Waals surface area contributed by atoms with E-state index in [0.717, 1.165) is 21.4 Å². The highest BCUT2D eigenvalue weighted by Gasteiger charge is 2.02. The second-order valence-corrected chi connectivity index (χ2v) is 5.20. The SMILES string of the molecule is Cc1cc(Br)cc(NCC(=O)Nc2ccccc2)c1. The third kappa shape index (κ3) is 4.41. The van der Waals surface area contributed by atoms with Crippen molar-refractivity contribution >= 4 is 33.2 Å². The summed E-state index contributed by atoms with van der Waals surface area (Å²) >= 11 is 3.43. The van der Waals surface area contributed by atoms with E-state index in [1.54, 1.807) is 0 Å². The van der Waals surface area contributed by atoms with Crippen LogP contribution in [0.2, 0.25) is 0 Å². The molecule has 0 saturated carbocycles. The van der Waals surface area contributed by atoms with E-state index in [4.69, 9.17) is 0 Å². The van der Waals surface area contributed by atoms with Crippen LogP contribution in [0.15, 0.2) is 53.0 Å². The molecule has 0 aliphatic heterocycles. The molecule has 0 atom stereocenters. The number of aryl methyl sites for hydroxylation is 1. The number of carbonyl (C=O) groups is 1. The number of para-hydroxylation sites is 1. The third-order valence-corrected chi connectivity index (χ3v) is 3.01. The van der Waals surface area contributed by atoms with Crippen LogP contribution in [0.4, 0.5) is 11.4 Å². The largest absolute Gasteiger partial charge is 0.376 e. The molecule has 1 amide bonds. The molecule has 0 bridgehead atoms. The van der Waals surface area contributed by atoms with E-state index in [-0.39, 0.29) is 12.5 Å². The predicted octanol–water partition coefficient (Wildman–Crippen LogP) is 3.81. The van der Waals surface area contributed by atoms with E-state index in [1.165, 1.54) is 0 Å². The maximum Gasteiger partial charge on any atom is 0.243 e. The molecule has 0 heterocycles. The van der Waals surface area contributed by atoms with Gasteiger partial charge in [-0.3, -0.25) is 4.79 Å². The number of benzene rings is 2. The molecule has 0 radical (unpaired) electrons. The summed E-state index contributed by atoms with van der Waals surface area (Å²) in [5, 5.41) is 5.93. The molecule has 0 saturated heterocycles. The van der Waals surface area contributed by atoms with Crippen molar-refractivity contribution in [2.45, 2.75) is 6.92 Å². The van der Waals surface area contributed by atoms with Gasteiger partial charge in [0.05, 0.1) is 6.54 Å². The summed E-state index contributed by atoms with van der Waals surface area (Å²) in [6, 6.07) is 15.4. The first-order valence-corrected chi connectivity index (χ1v) is 6.79. The minimum absolute atomic E-state index is 0.0659. The Hall–Kier alpha value is -1.81. The Balaban J connectivity index is 1.90. The summed E-state index contributed by atoms with van der Waals surface area (Å²) in [7, 11) is 0. The molecule has 2 aromatic rings. The van der Waals surface area contributed by atoms with Crippen LogP contribution in [0.5, 0.6) is 0 Å². The van der Waals surface area contributed by atoms with Crippen LogP contribution in [-0.2, 0) is 4.79 Å². The van der Waals surface area contributed by atoms with Gasteiger partial charge in [-0.2, -0.15) is 0 Å². The van der Waals surface area contributed by atoms with Gasteiger partial charge in [0.1, 0.15) is 0 Å². The first kappa shape index (κ1) is 13.6. The van der Waals surface area contributed by atoms with E-state index in [9.17, 15) is 4.79 Å². The Labute approximate surface area is 121 Å². The van der Waals surface area contributed by atoms with Crippen molar-refractivity contribution in [1.29, 1.82) is 0 Å². The lowest BCUT2D eigenvalue weighted by atomic mass is 10.2. The van der Waals surface area contributed by atoms with Gasteiger partial charge in [-0.1, -0.05) is 34.1 Å². The molecule has 4 heteroatoms. The molecule has 0 spiro atoms. The van der Waals surface area contributed by atoms with Crippen LogP contribution in [0.25, 0.3) is 0 Å². The van der Waals surface area contributed by atoms with Crippen molar-refractivity contribution in [3.05, 3.63) is 58.6 Å². The zero-order valence-electron chi connectivity index (χ0n) is 10.6. The van der Waals surface area contributed by atoms with Gasteiger partial charge < -0.3 is 10.6 Å². The Kier molecular flexibility index (Phi) is 4.58. The smallest absolute Gasteiger partial charge is 0.243 e. The van der Waals surface area contributed by atoms with Crippen LogP contribution in [0, 0.1) is 6.92 Å². The van der Waals surface area contributed by atoms with Crippen LogP contribution in [-0.4, -0.2) is 12.5 Å². The van der Waals surface area contributed by atoms with E-state index < -0.39 is 0 Å². The monoisotopic (exact) mass is 318 g/mol. The summed E-state index contributed by atoms with van der Waals surface area (Å²) in [6.07, 6.45) is 0. The van der Waals surface area contributed by atoms with Crippen molar-refractivity contribution in [1.82, 2.24) is 0 Å². The Morgan fingerprint density at radius 2 is 1.84 bits per heavy atom. The fourth-order valence-corrected chi connectivity index (χ4v) is 2.36. The van der Waals surface area contributed by atoms with Crippen molar-refractivity contribution in [3.8, 4) is 0 Å². The highest BCUT2D eigenvalue weighted by molar-refractivity contribution is 9.10. The lowest BCUT2D eigenvalue weighted by molar-refractivity contribution is -0.114. The molecule has 2 N–H and O–H groups in total. The number of rotatable bonds is 4. The normalized spacial score (nSPS) is 10.0. The van der Waals surface area contributed by atoms with Crippen molar-refractivity contribution < 1.29 is 4.79 Å². The van der Waals surface area contributed by atoms with Crippen LogP contribution >= 0.6 is 15.9 Å². The van der Waals surface area contributed by atoms with Gasteiger partial charge in [0, 0.05) is 15.8 Å². The van der Waals surface area contributed by atoms with Crippen molar-refractivity contribution in [3.63, 3.8) is 0 Å². The standard InChI is InChI=1S/C15H15BrN2O/c1-11-7-12(16)9-14(8-11)17-10-15(19)18-13-5-3-2-4-6-13/h2-9,17H,10H2,1H3,(H,18,19). The number of nitrogens with one attached hydrogen (secondary N) is 2. The molecule has 0 unspecified atom stereocenters. The van der Waals surface area contributed by atoms with E-state index in [0.29, 0.717) is 0 Å². The number of carbonyl (C=O) groups excluding carboxylic acids is 1. The quantitative estimate of drug-likeness (QED) is 0.900. The van der Waals surface area contributed by atoms with Gasteiger partial charge in [-0.15, -0.1) is 0 Å². The lowest BCUT2D eigenvalue weighted by Gasteiger charge is -2.09.